The molecule has 0 aliphatic rings. The van der Waals surface area contributed by atoms with Gasteiger partial charge in [0.05, 0.1) is 7.11 Å². The molecule has 0 atom stereocenters. The highest BCUT2D eigenvalue weighted by atomic mass is 16.5. The zero-order valence-electron chi connectivity index (χ0n) is 7.20. The molecule has 69 valence electrons. The number of methoxy groups -OCH3 is 1. The molecule has 1 radical (unpaired) electrons. The number of benzene rings is 1. The van der Waals surface area contributed by atoms with Gasteiger partial charge >= 0.3 is 6.41 Å². The number of rotatable bonds is 4. The van der Waals surface area contributed by atoms with Gasteiger partial charge in [0.1, 0.15) is 0 Å². The second-order valence-corrected chi connectivity index (χ2v) is 2.46. The van der Waals surface area contributed by atoms with E-state index in [9.17, 15) is 9.90 Å². The first-order chi connectivity index (χ1) is 6.27. The van der Waals surface area contributed by atoms with Crippen LogP contribution < -0.4 is 10.1 Å². The Balaban J connectivity index is 2.76. The second-order valence-electron chi connectivity index (χ2n) is 2.46. The fourth-order valence-corrected chi connectivity index (χ4v) is 0.984. The minimum atomic E-state index is 0.0627. The minimum absolute atomic E-state index is 0.0627. The van der Waals surface area contributed by atoms with Crippen LogP contribution >= 0.6 is 0 Å². The average molecular weight is 180 g/mol. The Labute approximate surface area is 76.1 Å². The van der Waals surface area contributed by atoms with Crippen LogP contribution in [0.25, 0.3) is 0 Å². The Morgan fingerprint density at radius 1 is 1.62 bits per heavy atom. The maximum absolute atomic E-state index is 9.86. The molecule has 4 nitrogen and oxygen atoms in total. The van der Waals surface area contributed by atoms with E-state index in [4.69, 9.17) is 4.74 Å². The number of nitrogens with one attached hydrogen (secondary N) is 1. The molecular formula is C9H10NO3. The van der Waals surface area contributed by atoms with E-state index in [1.54, 1.807) is 18.5 Å². The summed E-state index contributed by atoms with van der Waals surface area (Å²) in [5.41, 5.74) is 0.793. The highest BCUT2D eigenvalue weighted by molar-refractivity contribution is 5.48. The summed E-state index contributed by atoms with van der Waals surface area (Å²) in [6, 6.07) is 4.92. The molecule has 0 spiro atoms. The van der Waals surface area contributed by atoms with Crippen molar-refractivity contribution in [3.05, 3.63) is 23.8 Å². The lowest BCUT2D eigenvalue weighted by molar-refractivity contribution is 0.373. The predicted molar refractivity (Wildman–Crippen MR) is 47.2 cm³/mol. The van der Waals surface area contributed by atoms with Crippen LogP contribution in [-0.2, 0) is 11.3 Å². The maximum atomic E-state index is 9.86. The van der Waals surface area contributed by atoms with Crippen molar-refractivity contribution in [2.45, 2.75) is 6.54 Å². The van der Waals surface area contributed by atoms with Gasteiger partial charge in [0.25, 0.3) is 0 Å². The summed E-state index contributed by atoms with van der Waals surface area (Å²) in [7, 11) is 1.48. The molecular weight excluding hydrogens is 170 g/mol. The van der Waals surface area contributed by atoms with Crippen molar-refractivity contribution in [2.24, 2.45) is 0 Å². The van der Waals surface area contributed by atoms with Gasteiger partial charge in [-0.1, -0.05) is 6.07 Å². The van der Waals surface area contributed by atoms with E-state index in [0.29, 0.717) is 12.3 Å². The molecule has 0 fully saturated rings. The predicted octanol–water partition coefficient (Wildman–Crippen LogP) is 0.558. The molecule has 13 heavy (non-hydrogen) atoms. The first-order valence-electron chi connectivity index (χ1n) is 3.74. The number of ether oxygens (including phenoxy) is 1. The molecule has 0 heterocycles. The van der Waals surface area contributed by atoms with Crippen LogP contribution in [0.5, 0.6) is 11.5 Å². The quantitative estimate of drug-likeness (QED) is 0.665. The number of hydrogen-bond acceptors (Lipinski definition) is 3. The monoisotopic (exact) mass is 180 g/mol. The Hall–Kier alpha value is -1.71. The average Bonchev–Trinajstić information content (AvgIpc) is 2.15. The summed E-state index contributed by atoms with van der Waals surface area (Å²) in [4.78, 5) is 9.86. The van der Waals surface area contributed by atoms with E-state index >= 15 is 0 Å². The molecule has 1 aromatic rings. The van der Waals surface area contributed by atoms with Crippen LogP contribution in [-0.4, -0.2) is 18.6 Å². The van der Waals surface area contributed by atoms with Crippen molar-refractivity contribution in [3.63, 3.8) is 0 Å². The molecule has 0 saturated heterocycles. The highest BCUT2D eigenvalue weighted by Gasteiger charge is 2.01. The lowest BCUT2D eigenvalue weighted by Gasteiger charge is -2.04. The van der Waals surface area contributed by atoms with E-state index in [0.717, 1.165) is 5.56 Å². The number of aromatic hydroxyl groups is 1. The van der Waals surface area contributed by atoms with Gasteiger partial charge in [0.2, 0.25) is 0 Å². The zero-order chi connectivity index (χ0) is 9.68. The summed E-state index contributed by atoms with van der Waals surface area (Å²) in [5, 5.41) is 11.7. The normalized spacial score (nSPS) is 9.31. The van der Waals surface area contributed by atoms with Crippen molar-refractivity contribution >= 4 is 6.41 Å². The van der Waals surface area contributed by atoms with Crippen LogP contribution in [0.2, 0.25) is 0 Å². The molecule has 0 aliphatic carbocycles. The number of amides is 1. The Morgan fingerprint density at radius 3 is 2.92 bits per heavy atom. The van der Waals surface area contributed by atoms with Gasteiger partial charge in [-0.2, -0.15) is 0 Å². The fraction of sp³-hybridized carbons (Fsp3) is 0.222. The topological polar surface area (TPSA) is 58.6 Å². The maximum Gasteiger partial charge on any atom is 0.309 e. The standard InChI is InChI=1S/C9H10NO3/c1-13-9-3-2-7(4-8(9)12)5-10-6-11/h2-4,12H,5H2,1H3,(H,10,11). The Bertz CT molecular complexity index is 299. The van der Waals surface area contributed by atoms with Crippen molar-refractivity contribution in [3.8, 4) is 11.5 Å². The Morgan fingerprint density at radius 2 is 2.38 bits per heavy atom. The van der Waals surface area contributed by atoms with Gasteiger partial charge in [-0.15, -0.1) is 0 Å². The molecule has 0 bridgehead atoms. The third-order valence-electron chi connectivity index (χ3n) is 1.61. The van der Waals surface area contributed by atoms with E-state index < -0.39 is 0 Å². The minimum Gasteiger partial charge on any atom is -0.504 e. The van der Waals surface area contributed by atoms with E-state index in [1.165, 1.54) is 13.2 Å². The summed E-state index contributed by atoms with van der Waals surface area (Å²) in [5.74, 6) is 0.478. The van der Waals surface area contributed by atoms with E-state index in [1.807, 2.05) is 0 Å². The molecule has 2 N–H and O–H groups in total. The van der Waals surface area contributed by atoms with Crippen molar-refractivity contribution in [1.82, 2.24) is 5.32 Å². The third-order valence-corrected chi connectivity index (χ3v) is 1.61. The summed E-state index contributed by atoms with van der Waals surface area (Å²) in [6.07, 6.45) is 1.55. The Kier molecular flexibility index (Phi) is 3.14. The van der Waals surface area contributed by atoms with E-state index in [-0.39, 0.29) is 5.75 Å². The van der Waals surface area contributed by atoms with Gasteiger partial charge < -0.3 is 15.2 Å². The van der Waals surface area contributed by atoms with Gasteiger partial charge in [-0.05, 0) is 17.7 Å². The SMILES string of the molecule is COc1ccc(CN[C]=O)cc1O. The van der Waals surface area contributed by atoms with Gasteiger partial charge in [0.15, 0.2) is 11.5 Å². The molecule has 0 aromatic heterocycles. The first-order valence-corrected chi connectivity index (χ1v) is 3.74. The van der Waals surface area contributed by atoms with Crippen LogP contribution in [0.1, 0.15) is 5.56 Å². The first kappa shape index (κ1) is 9.38. The summed E-state index contributed by atoms with van der Waals surface area (Å²) >= 11 is 0. The van der Waals surface area contributed by atoms with Crippen LogP contribution in [0, 0.1) is 0 Å². The molecule has 0 saturated carbocycles. The molecule has 1 amide bonds. The number of phenolic OH excluding ortho intramolecular Hbond substituents is 1. The van der Waals surface area contributed by atoms with Crippen LogP contribution in [0.15, 0.2) is 18.2 Å². The zero-order valence-corrected chi connectivity index (χ0v) is 7.20. The van der Waals surface area contributed by atoms with Gasteiger partial charge in [-0.3, -0.25) is 4.79 Å². The molecule has 0 aliphatic heterocycles. The molecule has 4 heteroatoms. The lowest BCUT2D eigenvalue weighted by Crippen LogP contribution is -2.09. The van der Waals surface area contributed by atoms with Crippen molar-refractivity contribution in [2.75, 3.05) is 7.11 Å². The number of phenols is 1. The van der Waals surface area contributed by atoms with Crippen molar-refractivity contribution in [1.29, 1.82) is 0 Å². The fourth-order valence-electron chi connectivity index (χ4n) is 0.984. The molecule has 1 rings (SSSR count). The molecule has 1 aromatic carbocycles. The second kappa shape index (κ2) is 4.35. The van der Waals surface area contributed by atoms with Crippen molar-refractivity contribution < 1.29 is 14.6 Å². The number of hydrogen-bond donors (Lipinski definition) is 2. The smallest absolute Gasteiger partial charge is 0.309 e. The third kappa shape index (κ3) is 2.37. The molecule has 0 unspecified atom stereocenters. The summed E-state index contributed by atoms with van der Waals surface area (Å²) in [6.45, 7) is 0.348. The van der Waals surface area contributed by atoms with E-state index in [2.05, 4.69) is 5.32 Å². The lowest BCUT2D eigenvalue weighted by atomic mass is 10.2. The van der Waals surface area contributed by atoms with Crippen LogP contribution in [0.3, 0.4) is 0 Å². The largest absolute Gasteiger partial charge is 0.504 e. The number of carbonyl (C=O) groups excluding carboxylic acids is 1. The van der Waals surface area contributed by atoms with Gasteiger partial charge in [0, 0.05) is 6.54 Å². The highest BCUT2D eigenvalue weighted by Crippen LogP contribution is 2.25. The van der Waals surface area contributed by atoms with Crippen LogP contribution in [0.4, 0.5) is 0 Å². The van der Waals surface area contributed by atoms with Gasteiger partial charge in [-0.25, -0.2) is 0 Å². The summed E-state index contributed by atoms with van der Waals surface area (Å²) < 4.78 is 4.86.